The van der Waals surface area contributed by atoms with E-state index >= 15 is 0 Å². The van der Waals surface area contributed by atoms with Gasteiger partial charge in [0.25, 0.3) is 0 Å². The molecule has 0 aliphatic carbocycles. The lowest BCUT2D eigenvalue weighted by Gasteiger charge is -2.27. The minimum absolute atomic E-state index is 0.136. The summed E-state index contributed by atoms with van der Waals surface area (Å²) in [6.45, 7) is 8.05. The number of anilines is 1. The van der Waals surface area contributed by atoms with Crippen LogP contribution in [0.15, 0.2) is 18.2 Å². The smallest absolute Gasteiger partial charge is 0.337 e. The van der Waals surface area contributed by atoms with E-state index in [4.69, 9.17) is 19.9 Å². The molecule has 21 heavy (non-hydrogen) atoms. The van der Waals surface area contributed by atoms with E-state index in [0.717, 1.165) is 6.42 Å². The van der Waals surface area contributed by atoms with E-state index in [9.17, 15) is 4.79 Å². The first kappa shape index (κ1) is 15.6. The van der Waals surface area contributed by atoms with Crippen LogP contribution in [0.2, 0.25) is 0 Å². The van der Waals surface area contributed by atoms with Crippen molar-refractivity contribution in [3.8, 4) is 5.75 Å². The third kappa shape index (κ3) is 3.29. The molecule has 2 N–H and O–H groups in total. The molecule has 0 bridgehead atoms. The molecule has 0 aromatic heterocycles. The summed E-state index contributed by atoms with van der Waals surface area (Å²) in [5.41, 5.74) is 6.18. The lowest BCUT2D eigenvalue weighted by Crippen LogP contribution is -2.36. The first-order chi connectivity index (χ1) is 9.64. The monoisotopic (exact) mass is 293 g/mol. The van der Waals surface area contributed by atoms with Gasteiger partial charge in [-0.05, 0) is 45.9 Å². The van der Waals surface area contributed by atoms with Gasteiger partial charge in [0.2, 0.25) is 0 Å². The van der Waals surface area contributed by atoms with E-state index in [1.54, 1.807) is 18.2 Å². The number of nitrogens with two attached hydrogens (primary N) is 1. The number of esters is 1. The first-order valence-corrected chi connectivity index (χ1v) is 6.99. The third-order valence-corrected chi connectivity index (χ3v) is 3.70. The molecular weight excluding hydrogens is 270 g/mol. The molecule has 1 aliphatic rings. The van der Waals surface area contributed by atoms with Crippen molar-refractivity contribution < 1.29 is 19.0 Å². The summed E-state index contributed by atoms with van der Waals surface area (Å²) in [6, 6.07) is 4.88. The van der Waals surface area contributed by atoms with Crippen LogP contribution in [0, 0.1) is 0 Å². The van der Waals surface area contributed by atoms with Crippen molar-refractivity contribution in [3.05, 3.63) is 23.8 Å². The molecule has 1 unspecified atom stereocenters. The lowest BCUT2D eigenvalue weighted by molar-refractivity contribution is -0.0845. The Morgan fingerprint density at radius 3 is 2.52 bits per heavy atom. The second-order valence-electron chi connectivity index (χ2n) is 6.52. The molecule has 1 fully saturated rings. The Labute approximate surface area is 125 Å². The highest BCUT2D eigenvalue weighted by atomic mass is 16.6. The van der Waals surface area contributed by atoms with Gasteiger partial charge in [-0.2, -0.15) is 0 Å². The zero-order chi connectivity index (χ0) is 15.8. The number of ether oxygens (including phenoxy) is 3. The fourth-order valence-electron chi connectivity index (χ4n) is 2.73. The predicted molar refractivity (Wildman–Crippen MR) is 80.5 cm³/mol. The van der Waals surface area contributed by atoms with Gasteiger partial charge in [0.1, 0.15) is 17.5 Å². The summed E-state index contributed by atoms with van der Waals surface area (Å²) in [4.78, 5) is 11.6. The fraction of sp³-hybridized carbons (Fsp3) is 0.562. The molecule has 1 aliphatic heterocycles. The minimum atomic E-state index is -0.419. The second-order valence-corrected chi connectivity index (χ2v) is 6.52. The topological polar surface area (TPSA) is 70.8 Å². The lowest BCUT2D eigenvalue weighted by atomic mass is 9.97. The molecule has 1 aromatic carbocycles. The van der Waals surface area contributed by atoms with Gasteiger partial charge in [0.15, 0.2) is 0 Å². The maximum Gasteiger partial charge on any atom is 0.337 e. The maximum absolute atomic E-state index is 11.6. The largest absolute Gasteiger partial charge is 0.485 e. The summed E-state index contributed by atoms with van der Waals surface area (Å²) in [7, 11) is 1.34. The molecule has 1 atom stereocenters. The van der Waals surface area contributed by atoms with Gasteiger partial charge in [-0.1, -0.05) is 0 Å². The molecule has 1 heterocycles. The number of carbonyl (C=O) groups excluding carboxylic acids is 1. The number of rotatable bonds is 3. The molecule has 2 rings (SSSR count). The van der Waals surface area contributed by atoms with E-state index in [2.05, 4.69) is 0 Å². The number of hydrogen-bond acceptors (Lipinski definition) is 5. The molecule has 1 aromatic rings. The van der Waals surface area contributed by atoms with Crippen LogP contribution >= 0.6 is 0 Å². The van der Waals surface area contributed by atoms with E-state index < -0.39 is 11.6 Å². The van der Waals surface area contributed by atoms with Crippen LogP contribution in [-0.2, 0) is 9.47 Å². The average molecular weight is 293 g/mol. The van der Waals surface area contributed by atoms with Gasteiger partial charge in [-0.15, -0.1) is 0 Å². The Bertz CT molecular complexity index is 551. The Balaban J connectivity index is 2.25. The molecule has 0 saturated carbocycles. The Morgan fingerprint density at radius 2 is 2.00 bits per heavy atom. The van der Waals surface area contributed by atoms with Crippen LogP contribution in [0.3, 0.4) is 0 Å². The van der Waals surface area contributed by atoms with Gasteiger partial charge < -0.3 is 19.9 Å². The summed E-state index contributed by atoms with van der Waals surface area (Å²) >= 11 is 0. The van der Waals surface area contributed by atoms with Gasteiger partial charge in [-0.3, -0.25) is 0 Å². The van der Waals surface area contributed by atoms with Crippen molar-refractivity contribution >= 4 is 11.7 Å². The summed E-state index contributed by atoms with van der Waals surface area (Å²) < 4.78 is 16.8. The van der Waals surface area contributed by atoms with Gasteiger partial charge >= 0.3 is 5.97 Å². The quantitative estimate of drug-likeness (QED) is 0.685. The van der Waals surface area contributed by atoms with Crippen molar-refractivity contribution in [1.82, 2.24) is 0 Å². The highest BCUT2D eigenvalue weighted by Gasteiger charge is 2.47. The van der Waals surface area contributed by atoms with E-state index in [-0.39, 0.29) is 11.7 Å². The van der Waals surface area contributed by atoms with E-state index in [1.165, 1.54) is 7.11 Å². The fourth-order valence-corrected chi connectivity index (χ4v) is 2.73. The molecule has 0 radical (unpaired) electrons. The minimum Gasteiger partial charge on any atom is -0.485 e. The van der Waals surface area contributed by atoms with Gasteiger partial charge in [0.05, 0.1) is 24.0 Å². The molecule has 5 heteroatoms. The van der Waals surface area contributed by atoms with Crippen molar-refractivity contribution in [2.75, 3.05) is 12.8 Å². The molecule has 1 saturated heterocycles. The second kappa shape index (κ2) is 5.22. The number of nitrogen functional groups attached to an aromatic ring is 1. The zero-order valence-corrected chi connectivity index (χ0v) is 13.2. The SMILES string of the molecule is COC(=O)c1ccc(N)c(OC2CC(C)(C)OC2(C)C)c1. The normalized spacial score (nSPS) is 22.8. The van der Waals surface area contributed by atoms with Crippen molar-refractivity contribution in [2.45, 2.75) is 51.4 Å². The Kier molecular flexibility index (Phi) is 3.89. The van der Waals surface area contributed by atoms with Gasteiger partial charge in [-0.25, -0.2) is 4.79 Å². The molecule has 5 nitrogen and oxygen atoms in total. The van der Waals surface area contributed by atoms with Crippen LogP contribution in [0.1, 0.15) is 44.5 Å². The summed E-state index contributed by atoms with van der Waals surface area (Å²) in [6.07, 6.45) is 0.615. The van der Waals surface area contributed by atoms with E-state index in [1.807, 2.05) is 27.7 Å². The molecule has 0 spiro atoms. The highest BCUT2D eigenvalue weighted by Crippen LogP contribution is 2.40. The number of hydrogen-bond donors (Lipinski definition) is 1. The van der Waals surface area contributed by atoms with Gasteiger partial charge in [0, 0.05) is 6.42 Å². The van der Waals surface area contributed by atoms with E-state index in [0.29, 0.717) is 17.0 Å². The van der Waals surface area contributed by atoms with Crippen molar-refractivity contribution in [1.29, 1.82) is 0 Å². The van der Waals surface area contributed by atoms with Crippen molar-refractivity contribution in [2.24, 2.45) is 0 Å². The zero-order valence-electron chi connectivity index (χ0n) is 13.2. The van der Waals surface area contributed by atoms with Crippen LogP contribution in [0.25, 0.3) is 0 Å². The molecule has 0 amide bonds. The molecule has 116 valence electrons. The summed E-state index contributed by atoms with van der Waals surface area (Å²) in [5, 5.41) is 0. The third-order valence-electron chi connectivity index (χ3n) is 3.70. The average Bonchev–Trinajstić information content (AvgIpc) is 2.58. The first-order valence-electron chi connectivity index (χ1n) is 6.99. The standard InChI is InChI=1S/C16H23NO4/c1-15(2)9-13(16(3,4)21-15)20-12-8-10(14(18)19-5)6-7-11(12)17/h6-8,13H,9,17H2,1-5H3. The number of methoxy groups -OCH3 is 1. The highest BCUT2D eigenvalue weighted by molar-refractivity contribution is 5.90. The van der Waals surface area contributed by atoms with Crippen LogP contribution < -0.4 is 10.5 Å². The Morgan fingerprint density at radius 1 is 1.33 bits per heavy atom. The van der Waals surface area contributed by atoms with Crippen LogP contribution in [0.4, 0.5) is 5.69 Å². The Hall–Kier alpha value is -1.75. The molecular formula is C16H23NO4. The maximum atomic E-state index is 11.6. The van der Waals surface area contributed by atoms with Crippen LogP contribution in [-0.4, -0.2) is 30.4 Å². The van der Waals surface area contributed by atoms with Crippen LogP contribution in [0.5, 0.6) is 5.75 Å². The summed E-state index contributed by atoms with van der Waals surface area (Å²) in [5.74, 6) is 0.0689. The number of benzene rings is 1. The number of carbonyl (C=O) groups is 1. The van der Waals surface area contributed by atoms with Crippen molar-refractivity contribution in [3.63, 3.8) is 0 Å². The predicted octanol–water partition coefficient (Wildman–Crippen LogP) is 2.78.